The van der Waals surface area contributed by atoms with Crippen molar-refractivity contribution in [1.82, 2.24) is 0 Å². The van der Waals surface area contributed by atoms with E-state index in [9.17, 15) is 15.0 Å². The zero-order chi connectivity index (χ0) is 19.2. The minimum atomic E-state index is -1.14. The number of phenols is 2. The highest BCUT2D eigenvalue weighted by Gasteiger charge is 2.49. The first kappa shape index (κ1) is 17.2. The SMILES string of the molecule is CC1(C)C=CC2=C(C=C1)C(c1ccc(O)cc1)(c1ccc(O)cc1)OC2=O. The molecule has 0 unspecified atom stereocenters. The van der Waals surface area contributed by atoms with E-state index in [0.29, 0.717) is 5.57 Å². The Balaban J connectivity index is 2.01. The molecular formula is C23H20O4. The van der Waals surface area contributed by atoms with E-state index in [0.717, 1.165) is 16.7 Å². The number of phenolic OH excluding ortho intramolecular Hbond substituents is 2. The topological polar surface area (TPSA) is 66.8 Å². The number of cyclic esters (lactones) is 1. The van der Waals surface area contributed by atoms with Gasteiger partial charge in [0.2, 0.25) is 0 Å². The maximum absolute atomic E-state index is 12.8. The molecule has 0 fully saturated rings. The Kier molecular flexibility index (Phi) is 3.74. The lowest BCUT2D eigenvalue weighted by molar-refractivity contribution is -0.144. The molecule has 136 valence electrons. The van der Waals surface area contributed by atoms with Crippen LogP contribution < -0.4 is 0 Å². The molecule has 0 amide bonds. The minimum Gasteiger partial charge on any atom is -0.508 e. The molecule has 2 aromatic rings. The number of carbonyl (C=O) groups excluding carboxylic acids is 1. The Morgan fingerprint density at radius 1 is 0.778 bits per heavy atom. The van der Waals surface area contributed by atoms with E-state index in [1.807, 2.05) is 24.3 Å². The summed E-state index contributed by atoms with van der Waals surface area (Å²) in [6, 6.07) is 13.3. The number of allylic oxidation sites excluding steroid dienone is 2. The lowest BCUT2D eigenvalue weighted by atomic mass is 9.79. The third-order valence-corrected chi connectivity index (χ3v) is 5.04. The summed E-state index contributed by atoms with van der Waals surface area (Å²) < 4.78 is 5.99. The summed E-state index contributed by atoms with van der Waals surface area (Å²) in [5, 5.41) is 19.4. The first-order valence-electron chi connectivity index (χ1n) is 8.77. The second kappa shape index (κ2) is 5.88. The molecular weight excluding hydrogens is 340 g/mol. The minimum absolute atomic E-state index is 0.135. The molecule has 2 N–H and O–H groups in total. The van der Waals surface area contributed by atoms with Crippen molar-refractivity contribution in [3.05, 3.63) is 95.1 Å². The Morgan fingerprint density at radius 2 is 1.26 bits per heavy atom. The van der Waals surface area contributed by atoms with Crippen molar-refractivity contribution in [2.24, 2.45) is 5.41 Å². The molecule has 0 saturated carbocycles. The third-order valence-electron chi connectivity index (χ3n) is 5.04. The van der Waals surface area contributed by atoms with E-state index in [1.165, 1.54) is 0 Å². The molecule has 2 aromatic carbocycles. The molecule has 1 aliphatic heterocycles. The maximum Gasteiger partial charge on any atom is 0.340 e. The average molecular weight is 360 g/mol. The summed E-state index contributed by atoms with van der Waals surface area (Å²) in [5.41, 5.74) is 1.36. The number of aromatic hydroxyl groups is 2. The number of benzene rings is 2. The number of rotatable bonds is 2. The van der Waals surface area contributed by atoms with Crippen LogP contribution in [-0.4, -0.2) is 16.2 Å². The molecule has 0 atom stereocenters. The molecule has 4 nitrogen and oxygen atoms in total. The van der Waals surface area contributed by atoms with Crippen LogP contribution in [0.1, 0.15) is 25.0 Å². The fourth-order valence-corrected chi connectivity index (χ4v) is 3.55. The van der Waals surface area contributed by atoms with Gasteiger partial charge in [0, 0.05) is 22.1 Å². The van der Waals surface area contributed by atoms with E-state index in [4.69, 9.17) is 4.74 Å². The first-order valence-corrected chi connectivity index (χ1v) is 8.77. The van der Waals surface area contributed by atoms with E-state index in [-0.39, 0.29) is 16.9 Å². The van der Waals surface area contributed by atoms with Crippen LogP contribution >= 0.6 is 0 Å². The summed E-state index contributed by atoms with van der Waals surface area (Å²) >= 11 is 0. The predicted octanol–water partition coefficient (Wildman–Crippen LogP) is 4.35. The largest absolute Gasteiger partial charge is 0.508 e. The quantitative estimate of drug-likeness (QED) is 0.782. The van der Waals surface area contributed by atoms with Gasteiger partial charge in [0.25, 0.3) is 0 Å². The van der Waals surface area contributed by atoms with E-state index in [1.54, 1.807) is 48.5 Å². The van der Waals surface area contributed by atoms with E-state index < -0.39 is 11.6 Å². The van der Waals surface area contributed by atoms with Gasteiger partial charge in [-0.1, -0.05) is 62.4 Å². The smallest absolute Gasteiger partial charge is 0.340 e. The van der Waals surface area contributed by atoms with Crippen LogP contribution in [-0.2, 0) is 15.1 Å². The van der Waals surface area contributed by atoms with Gasteiger partial charge in [-0.3, -0.25) is 0 Å². The second-order valence-electron chi connectivity index (χ2n) is 7.48. The lowest BCUT2D eigenvalue weighted by Gasteiger charge is -2.31. The number of ether oxygens (including phenoxy) is 1. The molecule has 4 heteroatoms. The van der Waals surface area contributed by atoms with Gasteiger partial charge in [-0.25, -0.2) is 4.79 Å². The summed E-state index contributed by atoms with van der Waals surface area (Å²) in [5.74, 6) is -0.129. The normalized spacial score (nSPS) is 19.6. The third kappa shape index (κ3) is 2.74. The Morgan fingerprint density at radius 3 is 1.78 bits per heavy atom. The predicted molar refractivity (Wildman–Crippen MR) is 102 cm³/mol. The van der Waals surface area contributed by atoms with E-state index >= 15 is 0 Å². The van der Waals surface area contributed by atoms with Gasteiger partial charge in [0.15, 0.2) is 5.60 Å². The van der Waals surface area contributed by atoms with Gasteiger partial charge in [0.1, 0.15) is 11.5 Å². The van der Waals surface area contributed by atoms with Crippen LogP contribution in [0.2, 0.25) is 0 Å². The molecule has 27 heavy (non-hydrogen) atoms. The van der Waals surface area contributed by atoms with Crippen LogP contribution in [0, 0.1) is 5.41 Å². The average Bonchev–Trinajstić information content (AvgIpc) is 2.81. The Labute approximate surface area is 157 Å². The van der Waals surface area contributed by atoms with Crippen molar-refractivity contribution < 1.29 is 19.7 Å². The van der Waals surface area contributed by atoms with Crippen molar-refractivity contribution in [3.63, 3.8) is 0 Å². The fourth-order valence-electron chi connectivity index (χ4n) is 3.55. The summed E-state index contributed by atoms with van der Waals surface area (Å²) in [6.07, 6.45) is 7.79. The van der Waals surface area contributed by atoms with Crippen molar-refractivity contribution in [3.8, 4) is 11.5 Å². The van der Waals surface area contributed by atoms with Crippen molar-refractivity contribution in [1.29, 1.82) is 0 Å². The van der Waals surface area contributed by atoms with Gasteiger partial charge in [0.05, 0.1) is 5.57 Å². The van der Waals surface area contributed by atoms with Crippen LogP contribution in [0.15, 0.2) is 84.0 Å². The molecule has 0 aromatic heterocycles. The van der Waals surface area contributed by atoms with Crippen molar-refractivity contribution >= 4 is 5.97 Å². The lowest BCUT2D eigenvalue weighted by Crippen LogP contribution is -2.30. The fraction of sp³-hybridized carbons (Fsp3) is 0.174. The van der Waals surface area contributed by atoms with Crippen LogP contribution in [0.25, 0.3) is 0 Å². The highest BCUT2D eigenvalue weighted by Crippen LogP contribution is 2.49. The highest BCUT2D eigenvalue weighted by atomic mass is 16.6. The summed E-state index contributed by atoms with van der Waals surface area (Å²) in [7, 11) is 0. The van der Waals surface area contributed by atoms with Gasteiger partial charge < -0.3 is 14.9 Å². The molecule has 2 aliphatic rings. The number of esters is 1. The first-order chi connectivity index (χ1) is 12.8. The monoisotopic (exact) mass is 360 g/mol. The van der Waals surface area contributed by atoms with Crippen LogP contribution in [0.5, 0.6) is 11.5 Å². The highest BCUT2D eigenvalue weighted by molar-refractivity contribution is 5.98. The van der Waals surface area contributed by atoms with Gasteiger partial charge in [-0.2, -0.15) is 0 Å². The molecule has 1 heterocycles. The number of carbonyl (C=O) groups is 1. The molecule has 0 saturated heterocycles. The maximum atomic E-state index is 12.8. The molecule has 0 radical (unpaired) electrons. The van der Waals surface area contributed by atoms with Gasteiger partial charge in [-0.05, 0) is 24.3 Å². The number of hydrogen-bond donors (Lipinski definition) is 2. The Bertz CT molecular complexity index is 944. The molecule has 0 bridgehead atoms. The Hall–Kier alpha value is -3.27. The van der Waals surface area contributed by atoms with Crippen LogP contribution in [0.3, 0.4) is 0 Å². The zero-order valence-corrected chi connectivity index (χ0v) is 15.1. The molecule has 1 aliphatic carbocycles. The standard InChI is InChI=1S/C23H20O4/c1-22(2)13-11-19-20(12-14-22)23(27-21(19)26,15-3-7-17(24)8-4-15)16-5-9-18(25)10-6-16/h3-14,24-25H,1-2H3. The van der Waals surface area contributed by atoms with Crippen molar-refractivity contribution in [2.75, 3.05) is 0 Å². The zero-order valence-electron chi connectivity index (χ0n) is 15.1. The summed E-state index contributed by atoms with van der Waals surface area (Å²) in [4.78, 5) is 12.8. The number of hydrogen-bond acceptors (Lipinski definition) is 4. The van der Waals surface area contributed by atoms with Crippen LogP contribution in [0.4, 0.5) is 0 Å². The molecule has 4 rings (SSSR count). The second-order valence-corrected chi connectivity index (χ2v) is 7.48. The van der Waals surface area contributed by atoms with Gasteiger partial charge in [-0.15, -0.1) is 0 Å². The van der Waals surface area contributed by atoms with Crippen molar-refractivity contribution in [2.45, 2.75) is 19.4 Å². The van der Waals surface area contributed by atoms with Gasteiger partial charge >= 0.3 is 5.97 Å². The summed E-state index contributed by atoms with van der Waals surface area (Å²) in [6.45, 7) is 4.13. The molecule has 0 spiro atoms. The van der Waals surface area contributed by atoms with E-state index in [2.05, 4.69) is 13.8 Å².